The van der Waals surface area contributed by atoms with Crippen molar-refractivity contribution in [3.8, 4) is 0 Å². The maximum atomic E-state index is 6.06. The monoisotopic (exact) mass is 270 g/mol. The Morgan fingerprint density at radius 1 is 1.30 bits per heavy atom. The van der Waals surface area contributed by atoms with Crippen molar-refractivity contribution in [3.63, 3.8) is 0 Å². The molecule has 1 atom stereocenters. The highest BCUT2D eigenvalue weighted by Crippen LogP contribution is 2.27. The van der Waals surface area contributed by atoms with E-state index in [4.69, 9.17) is 5.73 Å². The molecule has 0 fully saturated rings. The first-order valence-electron chi connectivity index (χ1n) is 7.34. The van der Waals surface area contributed by atoms with E-state index >= 15 is 0 Å². The van der Waals surface area contributed by atoms with Crippen molar-refractivity contribution < 1.29 is 0 Å². The summed E-state index contributed by atoms with van der Waals surface area (Å²) in [6, 6.07) is 8.97. The average Bonchev–Trinajstić information content (AvgIpc) is 2.96. The Bertz CT molecular complexity index is 575. The lowest BCUT2D eigenvalue weighted by Gasteiger charge is -2.35. The number of benzene rings is 1. The fourth-order valence-corrected chi connectivity index (χ4v) is 3.11. The predicted octanol–water partition coefficient (Wildman–Crippen LogP) is 1.96. The van der Waals surface area contributed by atoms with E-state index in [2.05, 4.69) is 45.6 Å². The van der Waals surface area contributed by atoms with Gasteiger partial charge in [-0.2, -0.15) is 0 Å². The molecule has 1 aliphatic heterocycles. The third kappa shape index (κ3) is 2.37. The van der Waals surface area contributed by atoms with Crippen LogP contribution in [0.4, 0.5) is 0 Å². The van der Waals surface area contributed by atoms with Gasteiger partial charge in [-0.25, -0.2) is 4.98 Å². The van der Waals surface area contributed by atoms with Gasteiger partial charge in [-0.3, -0.25) is 4.90 Å². The van der Waals surface area contributed by atoms with Gasteiger partial charge in [0.05, 0.1) is 18.1 Å². The van der Waals surface area contributed by atoms with Gasteiger partial charge < -0.3 is 10.3 Å². The molecule has 2 aromatic rings. The number of nitrogens with zero attached hydrogens (tertiary/aromatic N) is 3. The van der Waals surface area contributed by atoms with E-state index in [0.29, 0.717) is 6.54 Å². The minimum absolute atomic E-state index is 0.255. The number of imidazole rings is 1. The standard InChI is InChI=1S/C16H22N4/c1-2-19-12-18-10-16(19)15(9-17)20-8-7-13-5-3-4-6-14(13)11-20/h3-6,10,12,15H,2,7-9,11,17H2,1H3. The lowest BCUT2D eigenvalue weighted by atomic mass is 9.98. The van der Waals surface area contributed by atoms with Crippen molar-refractivity contribution in [2.75, 3.05) is 13.1 Å². The minimum atomic E-state index is 0.255. The Morgan fingerprint density at radius 2 is 2.10 bits per heavy atom. The number of nitrogens with two attached hydrogens (primary N) is 1. The van der Waals surface area contributed by atoms with Crippen molar-refractivity contribution in [3.05, 3.63) is 53.6 Å². The highest BCUT2D eigenvalue weighted by Gasteiger charge is 2.25. The van der Waals surface area contributed by atoms with Crippen molar-refractivity contribution in [1.29, 1.82) is 0 Å². The molecule has 2 heterocycles. The molecule has 0 saturated heterocycles. The molecular weight excluding hydrogens is 248 g/mol. The topological polar surface area (TPSA) is 47.1 Å². The molecule has 4 nitrogen and oxygen atoms in total. The first-order chi connectivity index (χ1) is 9.83. The Morgan fingerprint density at radius 3 is 2.85 bits per heavy atom. The predicted molar refractivity (Wildman–Crippen MR) is 80.3 cm³/mol. The van der Waals surface area contributed by atoms with Gasteiger partial charge >= 0.3 is 0 Å². The summed E-state index contributed by atoms with van der Waals surface area (Å²) in [6.07, 6.45) is 4.96. The van der Waals surface area contributed by atoms with Gasteiger partial charge in [0.1, 0.15) is 0 Å². The summed E-state index contributed by atoms with van der Waals surface area (Å²) in [6.45, 7) is 5.76. The van der Waals surface area contributed by atoms with Crippen LogP contribution in [0.15, 0.2) is 36.8 Å². The van der Waals surface area contributed by atoms with Crippen LogP contribution >= 0.6 is 0 Å². The molecule has 0 amide bonds. The van der Waals surface area contributed by atoms with Gasteiger partial charge in [0.25, 0.3) is 0 Å². The second kappa shape index (κ2) is 5.77. The molecule has 0 aliphatic carbocycles. The van der Waals surface area contributed by atoms with Crippen LogP contribution in [0.3, 0.4) is 0 Å². The second-order valence-corrected chi connectivity index (χ2v) is 5.35. The zero-order valence-corrected chi connectivity index (χ0v) is 12.0. The molecule has 0 saturated carbocycles. The second-order valence-electron chi connectivity index (χ2n) is 5.35. The smallest absolute Gasteiger partial charge is 0.0948 e. The summed E-state index contributed by atoms with van der Waals surface area (Å²) < 4.78 is 2.19. The molecule has 20 heavy (non-hydrogen) atoms. The SMILES string of the molecule is CCn1cncc1C(CN)N1CCc2ccccc2C1. The quantitative estimate of drug-likeness (QED) is 0.924. The summed E-state index contributed by atoms with van der Waals surface area (Å²) in [4.78, 5) is 6.76. The van der Waals surface area contributed by atoms with Crippen LogP contribution in [0.1, 0.15) is 29.8 Å². The van der Waals surface area contributed by atoms with E-state index in [0.717, 1.165) is 26.1 Å². The molecule has 2 N–H and O–H groups in total. The largest absolute Gasteiger partial charge is 0.333 e. The van der Waals surface area contributed by atoms with Crippen LogP contribution < -0.4 is 5.73 Å². The number of aryl methyl sites for hydroxylation is 1. The van der Waals surface area contributed by atoms with Crippen molar-refractivity contribution in [2.24, 2.45) is 5.73 Å². The van der Waals surface area contributed by atoms with E-state index in [1.807, 2.05) is 12.5 Å². The number of fused-ring (bicyclic) bond motifs is 1. The molecule has 0 spiro atoms. The van der Waals surface area contributed by atoms with Crippen molar-refractivity contribution in [2.45, 2.75) is 32.5 Å². The van der Waals surface area contributed by atoms with E-state index in [1.54, 1.807) is 0 Å². The number of hydrogen-bond acceptors (Lipinski definition) is 3. The summed E-state index contributed by atoms with van der Waals surface area (Å²) in [7, 11) is 0. The molecule has 0 bridgehead atoms. The van der Waals surface area contributed by atoms with Gasteiger partial charge in [0.2, 0.25) is 0 Å². The third-order valence-corrected chi connectivity index (χ3v) is 4.25. The van der Waals surface area contributed by atoms with Crippen LogP contribution in [-0.4, -0.2) is 27.5 Å². The van der Waals surface area contributed by atoms with E-state index in [9.17, 15) is 0 Å². The molecule has 3 rings (SSSR count). The van der Waals surface area contributed by atoms with Crippen LogP contribution in [0.5, 0.6) is 0 Å². The van der Waals surface area contributed by atoms with Crippen molar-refractivity contribution in [1.82, 2.24) is 14.5 Å². The highest BCUT2D eigenvalue weighted by molar-refractivity contribution is 5.29. The molecule has 4 heteroatoms. The van der Waals surface area contributed by atoms with Crippen LogP contribution in [-0.2, 0) is 19.5 Å². The highest BCUT2D eigenvalue weighted by atomic mass is 15.2. The molecule has 1 aliphatic rings. The Balaban J connectivity index is 1.85. The first-order valence-corrected chi connectivity index (χ1v) is 7.34. The van der Waals surface area contributed by atoms with Gasteiger partial charge in [-0.05, 0) is 24.5 Å². The molecule has 1 unspecified atom stereocenters. The number of rotatable bonds is 4. The molecule has 0 radical (unpaired) electrons. The summed E-state index contributed by atoms with van der Waals surface area (Å²) in [5.41, 5.74) is 10.2. The van der Waals surface area contributed by atoms with Crippen LogP contribution in [0, 0.1) is 0 Å². The van der Waals surface area contributed by atoms with Crippen molar-refractivity contribution >= 4 is 0 Å². The van der Waals surface area contributed by atoms with Crippen LogP contribution in [0.2, 0.25) is 0 Å². The fourth-order valence-electron chi connectivity index (χ4n) is 3.11. The minimum Gasteiger partial charge on any atom is -0.333 e. The maximum absolute atomic E-state index is 6.06. The fraction of sp³-hybridized carbons (Fsp3) is 0.438. The zero-order valence-electron chi connectivity index (χ0n) is 12.0. The van der Waals surface area contributed by atoms with Gasteiger partial charge in [0.15, 0.2) is 0 Å². The normalized spacial score (nSPS) is 16.9. The third-order valence-electron chi connectivity index (χ3n) is 4.25. The van der Waals surface area contributed by atoms with Crippen LogP contribution in [0.25, 0.3) is 0 Å². The maximum Gasteiger partial charge on any atom is 0.0948 e. The lowest BCUT2D eigenvalue weighted by molar-refractivity contribution is 0.177. The number of aromatic nitrogens is 2. The number of hydrogen-bond donors (Lipinski definition) is 1. The van der Waals surface area contributed by atoms with E-state index in [1.165, 1.54) is 16.8 Å². The molecular formula is C16H22N4. The lowest BCUT2D eigenvalue weighted by Crippen LogP contribution is -2.38. The Hall–Kier alpha value is -1.65. The van der Waals surface area contributed by atoms with E-state index in [-0.39, 0.29) is 6.04 Å². The Labute approximate surface area is 120 Å². The summed E-state index contributed by atoms with van der Waals surface area (Å²) >= 11 is 0. The van der Waals surface area contributed by atoms with Gasteiger partial charge in [-0.15, -0.1) is 0 Å². The van der Waals surface area contributed by atoms with Gasteiger partial charge in [-0.1, -0.05) is 24.3 Å². The summed E-state index contributed by atoms with van der Waals surface area (Å²) in [5.74, 6) is 0. The van der Waals surface area contributed by atoms with Gasteiger partial charge in [0, 0.05) is 32.4 Å². The summed E-state index contributed by atoms with van der Waals surface area (Å²) in [5, 5.41) is 0. The first kappa shape index (κ1) is 13.3. The zero-order chi connectivity index (χ0) is 13.9. The Kier molecular flexibility index (Phi) is 3.85. The molecule has 1 aromatic carbocycles. The molecule has 106 valence electrons. The van der Waals surface area contributed by atoms with E-state index < -0.39 is 0 Å². The average molecular weight is 270 g/mol. The molecule has 1 aromatic heterocycles.